The first-order valence-corrected chi connectivity index (χ1v) is 7.31. The lowest BCUT2D eigenvalue weighted by Gasteiger charge is -2.14. The van der Waals surface area contributed by atoms with Crippen LogP contribution in [0.4, 0.5) is 0 Å². The topological polar surface area (TPSA) is 54.0 Å². The van der Waals surface area contributed by atoms with Gasteiger partial charge in [-0.15, -0.1) is 36.2 Å². The van der Waals surface area contributed by atoms with E-state index in [1.54, 1.807) is 11.3 Å². The van der Waals surface area contributed by atoms with Gasteiger partial charge in [-0.3, -0.25) is 4.79 Å². The number of halogens is 2. The molecule has 2 N–H and O–H groups in total. The second-order valence-electron chi connectivity index (χ2n) is 5.74. The minimum Gasteiger partial charge on any atom is -0.348 e. The van der Waals surface area contributed by atoms with Crippen LogP contribution in [0.25, 0.3) is 0 Å². The summed E-state index contributed by atoms with van der Waals surface area (Å²) in [5.41, 5.74) is 1.17. The quantitative estimate of drug-likeness (QED) is 0.889. The minimum absolute atomic E-state index is 0. The summed E-state index contributed by atoms with van der Waals surface area (Å²) in [6, 6.07) is -0.00736. The van der Waals surface area contributed by atoms with Crippen LogP contribution >= 0.6 is 36.2 Å². The van der Waals surface area contributed by atoms with Crippen molar-refractivity contribution in [1.29, 1.82) is 0 Å². The molecule has 1 aromatic heterocycles. The summed E-state index contributed by atoms with van der Waals surface area (Å²) in [4.78, 5) is 16.4. The Morgan fingerprint density at radius 2 is 2.20 bits per heavy atom. The Morgan fingerprint density at radius 1 is 1.50 bits per heavy atom. The monoisotopic (exact) mass is 339 g/mol. The first kappa shape index (κ1) is 19.6. The number of carbonyl (C=O) groups excluding carboxylic acids is 1. The maximum atomic E-state index is 11.8. The van der Waals surface area contributed by atoms with Crippen molar-refractivity contribution in [3.63, 3.8) is 0 Å². The van der Waals surface area contributed by atoms with Crippen LogP contribution in [0.5, 0.6) is 0 Å². The average molecular weight is 340 g/mol. The smallest absolute Gasteiger partial charge is 0.237 e. The third kappa shape index (κ3) is 5.20. The molecule has 1 amide bonds. The van der Waals surface area contributed by atoms with Crippen molar-refractivity contribution in [2.45, 2.75) is 51.6 Å². The maximum Gasteiger partial charge on any atom is 0.237 e. The van der Waals surface area contributed by atoms with Crippen molar-refractivity contribution in [3.8, 4) is 0 Å². The molecular weight excluding hydrogens is 317 g/mol. The van der Waals surface area contributed by atoms with Crippen molar-refractivity contribution in [2.24, 2.45) is 0 Å². The average Bonchev–Trinajstić information content (AvgIpc) is 2.96. The lowest BCUT2D eigenvalue weighted by molar-refractivity contribution is -0.122. The summed E-state index contributed by atoms with van der Waals surface area (Å²) in [5, 5.41) is 9.20. The summed E-state index contributed by atoms with van der Waals surface area (Å²) in [5.74, 6) is 0.0972. The molecule has 4 nitrogen and oxygen atoms in total. The Balaban J connectivity index is 0.00000180. The number of nitrogens with one attached hydrogen (secondary N) is 2. The van der Waals surface area contributed by atoms with E-state index in [2.05, 4.69) is 41.8 Å². The summed E-state index contributed by atoms with van der Waals surface area (Å²) in [6.45, 7) is 7.92. The van der Waals surface area contributed by atoms with Gasteiger partial charge < -0.3 is 10.6 Å². The van der Waals surface area contributed by atoms with E-state index in [9.17, 15) is 4.79 Å². The fourth-order valence-electron chi connectivity index (χ4n) is 1.93. The zero-order valence-corrected chi connectivity index (χ0v) is 14.5. The van der Waals surface area contributed by atoms with Crippen LogP contribution in [0, 0.1) is 0 Å². The van der Waals surface area contributed by atoms with E-state index in [-0.39, 0.29) is 42.2 Å². The van der Waals surface area contributed by atoms with E-state index < -0.39 is 0 Å². The zero-order valence-electron chi connectivity index (χ0n) is 12.1. The molecule has 0 aliphatic carbocycles. The molecule has 20 heavy (non-hydrogen) atoms. The number of aromatic nitrogens is 1. The van der Waals surface area contributed by atoms with E-state index >= 15 is 0 Å². The van der Waals surface area contributed by atoms with Crippen molar-refractivity contribution >= 4 is 42.1 Å². The van der Waals surface area contributed by atoms with Gasteiger partial charge in [-0.2, -0.15) is 0 Å². The van der Waals surface area contributed by atoms with Crippen molar-refractivity contribution in [3.05, 3.63) is 16.1 Å². The third-order valence-corrected chi connectivity index (χ3v) is 3.96. The Labute approximate surface area is 137 Å². The zero-order chi connectivity index (χ0) is 13.2. The molecule has 2 rings (SSSR count). The van der Waals surface area contributed by atoms with Gasteiger partial charge in [0.2, 0.25) is 5.91 Å². The minimum atomic E-state index is -0.00736. The molecule has 1 unspecified atom stereocenters. The number of carbonyl (C=O) groups is 1. The summed E-state index contributed by atoms with van der Waals surface area (Å²) in [7, 11) is 0. The normalized spacial score (nSPS) is 18.1. The third-order valence-electron chi connectivity index (χ3n) is 3.11. The van der Waals surface area contributed by atoms with Gasteiger partial charge >= 0.3 is 0 Å². The van der Waals surface area contributed by atoms with Gasteiger partial charge in [-0.25, -0.2) is 4.98 Å². The number of hydrogen-bond donors (Lipinski definition) is 2. The molecular formula is C13H23Cl2N3OS. The van der Waals surface area contributed by atoms with Crippen LogP contribution in [-0.4, -0.2) is 23.5 Å². The van der Waals surface area contributed by atoms with E-state index in [0.717, 1.165) is 30.1 Å². The highest BCUT2D eigenvalue weighted by atomic mass is 35.5. The highest BCUT2D eigenvalue weighted by molar-refractivity contribution is 7.09. The lowest BCUT2D eigenvalue weighted by Crippen LogP contribution is -2.40. The van der Waals surface area contributed by atoms with Gasteiger partial charge in [-0.05, 0) is 19.4 Å². The molecule has 1 aromatic rings. The van der Waals surface area contributed by atoms with Crippen molar-refractivity contribution < 1.29 is 4.79 Å². The van der Waals surface area contributed by atoms with Crippen molar-refractivity contribution in [2.75, 3.05) is 6.54 Å². The summed E-state index contributed by atoms with van der Waals surface area (Å²) < 4.78 is 0. The van der Waals surface area contributed by atoms with Gasteiger partial charge in [0.25, 0.3) is 0 Å². The molecule has 1 aliphatic rings. The molecule has 0 saturated carbocycles. The van der Waals surface area contributed by atoms with Gasteiger partial charge in [0, 0.05) is 10.8 Å². The largest absolute Gasteiger partial charge is 0.348 e. The van der Waals surface area contributed by atoms with E-state index in [1.807, 2.05) is 0 Å². The Kier molecular flexibility index (Phi) is 8.03. The maximum absolute atomic E-state index is 11.8. The number of amides is 1. The van der Waals surface area contributed by atoms with Gasteiger partial charge in [0.05, 0.1) is 18.3 Å². The molecule has 2 heterocycles. The second kappa shape index (κ2) is 8.17. The predicted molar refractivity (Wildman–Crippen MR) is 88.2 cm³/mol. The molecule has 1 saturated heterocycles. The predicted octanol–water partition coefficient (Wildman–Crippen LogP) is 2.65. The molecule has 1 atom stereocenters. The van der Waals surface area contributed by atoms with Crippen LogP contribution in [0.1, 0.15) is 44.3 Å². The first-order chi connectivity index (χ1) is 8.47. The molecule has 116 valence electrons. The fraction of sp³-hybridized carbons (Fsp3) is 0.692. The van der Waals surface area contributed by atoms with Gasteiger partial charge in [0.1, 0.15) is 5.01 Å². The number of thiazole rings is 1. The molecule has 0 aromatic carbocycles. The Bertz CT molecular complexity index is 425. The van der Waals surface area contributed by atoms with Crippen LogP contribution in [-0.2, 0) is 16.8 Å². The molecule has 1 fully saturated rings. The standard InChI is InChI=1S/C13H21N3OS.2ClH/c1-13(2,3)10-8-18-11(16-10)7-15-12(17)9-5-4-6-14-9;;/h8-9,14H,4-7H2,1-3H3,(H,15,17);2*1H. The van der Waals surface area contributed by atoms with Crippen LogP contribution in [0.15, 0.2) is 5.38 Å². The van der Waals surface area contributed by atoms with Crippen LogP contribution < -0.4 is 10.6 Å². The highest BCUT2D eigenvalue weighted by Gasteiger charge is 2.22. The van der Waals surface area contributed by atoms with Crippen LogP contribution in [0.3, 0.4) is 0 Å². The molecule has 7 heteroatoms. The molecule has 1 aliphatic heterocycles. The number of nitrogens with zero attached hydrogens (tertiary/aromatic N) is 1. The van der Waals surface area contributed by atoms with Crippen molar-refractivity contribution in [1.82, 2.24) is 15.6 Å². The van der Waals surface area contributed by atoms with Crippen LogP contribution in [0.2, 0.25) is 0 Å². The lowest BCUT2D eigenvalue weighted by atomic mass is 9.93. The second-order valence-corrected chi connectivity index (χ2v) is 6.69. The number of rotatable bonds is 3. The van der Waals surface area contributed by atoms with E-state index in [0.29, 0.717) is 6.54 Å². The fourth-order valence-corrected chi connectivity index (χ4v) is 2.89. The Morgan fingerprint density at radius 3 is 2.70 bits per heavy atom. The molecule has 0 radical (unpaired) electrons. The van der Waals surface area contributed by atoms with E-state index in [1.165, 1.54) is 0 Å². The molecule has 0 bridgehead atoms. The number of hydrogen-bond acceptors (Lipinski definition) is 4. The van der Waals surface area contributed by atoms with E-state index in [4.69, 9.17) is 0 Å². The summed E-state index contributed by atoms with van der Waals surface area (Å²) in [6.07, 6.45) is 2.03. The first-order valence-electron chi connectivity index (χ1n) is 6.43. The highest BCUT2D eigenvalue weighted by Crippen LogP contribution is 2.23. The SMILES string of the molecule is CC(C)(C)c1csc(CNC(=O)C2CCCN2)n1.Cl.Cl. The van der Waals surface area contributed by atoms with Gasteiger partial charge in [-0.1, -0.05) is 20.8 Å². The summed E-state index contributed by atoms with van der Waals surface area (Å²) >= 11 is 1.61. The van der Waals surface area contributed by atoms with Gasteiger partial charge in [0.15, 0.2) is 0 Å². The Hall–Kier alpha value is -0.360. The molecule has 0 spiro atoms.